The molecule has 1 aliphatic rings. The smallest absolute Gasteiger partial charge is 0.336 e. The van der Waals surface area contributed by atoms with Crippen molar-refractivity contribution in [3.05, 3.63) is 34.4 Å². The number of carboxylic acids is 2. The third-order valence-electron chi connectivity index (χ3n) is 3.38. The summed E-state index contributed by atoms with van der Waals surface area (Å²) in [5.41, 5.74) is 1.41. The van der Waals surface area contributed by atoms with Crippen LogP contribution >= 0.6 is 0 Å². The quantitative estimate of drug-likeness (QED) is 0.842. The van der Waals surface area contributed by atoms with Gasteiger partial charge in [0, 0.05) is 0 Å². The van der Waals surface area contributed by atoms with Gasteiger partial charge in [-0.15, -0.1) is 0 Å². The second kappa shape index (κ2) is 3.87. The van der Waals surface area contributed by atoms with Crippen molar-refractivity contribution < 1.29 is 19.8 Å². The van der Waals surface area contributed by atoms with Gasteiger partial charge in [-0.1, -0.05) is 13.0 Å². The Hall–Kier alpha value is -1.84. The molecule has 1 saturated carbocycles. The molecule has 0 spiro atoms. The van der Waals surface area contributed by atoms with Crippen LogP contribution in [-0.4, -0.2) is 22.2 Å². The zero-order valence-electron chi connectivity index (χ0n) is 9.73. The Balaban J connectivity index is 2.67. The fourth-order valence-electron chi connectivity index (χ4n) is 2.31. The van der Waals surface area contributed by atoms with Gasteiger partial charge < -0.3 is 10.2 Å². The Morgan fingerprint density at radius 1 is 1.24 bits per heavy atom. The van der Waals surface area contributed by atoms with E-state index >= 15 is 0 Å². The van der Waals surface area contributed by atoms with E-state index in [9.17, 15) is 14.7 Å². The molecule has 90 valence electrons. The van der Waals surface area contributed by atoms with Crippen LogP contribution in [0.15, 0.2) is 12.1 Å². The lowest BCUT2D eigenvalue weighted by Crippen LogP contribution is -2.11. The zero-order chi connectivity index (χ0) is 12.7. The molecular formula is C13H14O4. The van der Waals surface area contributed by atoms with Crippen molar-refractivity contribution in [2.45, 2.75) is 26.2 Å². The topological polar surface area (TPSA) is 74.6 Å². The monoisotopic (exact) mass is 234 g/mol. The first-order valence-electron chi connectivity index (χ1n) is 5.53. The molecule has 0 aliphatic heterocycles. The van der Waals surface area contributed by atoms with E-state index in [1.54, 1.807) is 13.0 Å². The van der Waals surface area contributed by atoms with E-state index in [1.165, 1.54) is 6.07 Å². The molecule has 1 aromatic carbocycles. The van der Waals surface area contributed by atoms with Gasteiger partial charge in [0.1, 0.15) is 0 Å². The van der Waals surface area contributed by atoms with Crippen molar-refractivity contribution in [2.75, 3.05) is 0 Å². The molecule has 4 heteroatoms. The summed E-state index contributed by atoms with van der Waals surface area (Å²) in [6, 6.07) is 3.06. The van der Waals surface area contributed by atoms with Gasteiger partial charge >= 0.3 is 11.9 Å². The Bertz CT molecular complexity index is 504. The maximum Gasteiger partial charge on any atom is 0.336 e. The van der Waals surface area contributed by atoms with Gasteiger partial charge in [-0.3, -0.25) is 0 Å². The summed E-state index contributed by atoms with van der Waals surface area (Å²) in [6.07, 6.45) is 0.865. The van der Waals surface area contributed by atoms with Gasteiger partial charge in [-0.25, -0.2) is 9.59 Å². The molecule has 2 unspecified atom stereocenters. The fourth-order valence-corrected chi connectivity index (χ4v) is 2.31. The Kier molecular flexibility index (Phi) is 2.65. The predicted octanol–water partition coefficient (Wildman–Crippen LogP) is 2.51. The summed E-state index contributed by atoms with van der Waals surface area (Å²) in [5, 5.41) is 18.4. The highest BCUT2D eigenvalue weighted by Crippen LogP contribution is 2.49. The molecule has 4 nitrogen and oxygen atoms in total. The van der Waals surface area contributed by atoms with Crippen LogP contribution in [0.2, 0.25) is 0 Å². The minimum Gasteiger partial charge on any atom is -0.478 e. The van der Waals surface area contributed by atoms with E-state index < -0.39 is 11.9 Å². The molecule has 2 rings (SSSR count). The Labute approximate surface area is 98.9 Å². The first-order valence-corrected chi connectivity index (χ1v) is 5.53. The molecule has 2 atom stereocenters. The third-order valence-corrected chi connectivity index (χ3v) is 3.38. The van der Waals surface area contributed by atoms with E-state index in [2.05, 4.69) is 0 Å². The van der Waals surface area contributed by atoms with Crippen molar-refractivity contribution in [1.29, 1.82) is 0 Å². The molecule has 17 heavy (non-hydrogen) atoms. The van der Waals surface area contributed by atoms with Crippen LogP contribution in [0.3, 0.4) is 0 Å². The highest BCUT2D eigenvalue weighted by atomic mass is 16.4. The summed E-state index contributed by atoms with van der Waals surface area (Å²) in [6.45, 7) is 3.70. The number of benzene rings is 1. The predicted molar refractivity (Wildman–Crippen MR) is 61.6 cm³/mol. The van der Waals surface area contributed by atoms with Crippen LogP contribution in [0.4, 0.5) is 0 Å². The van der Waals surface area contributed by atoms with Crippen molar-refractivity contribution in [3.63, 3.8) is 0 Å². The second-order valence-electron chi connectivity index (χ2n) is 4.65. The van der Waals surface area contributed by atoms with E-state index in [1.807, 2.05) is 6.92 Å². The van der Waals surface area contributed by atoms with Crippen molar-refractivity contribution in [2.24, 2.45) is 5.92 Å². The zero-order valence-corrected chi connectivity index (χ0v) is 9.73. The van der Waals surface area contributed by atoms with Gasteiger partial charge in [-0.2, -0.15) is 0 Å². The summed E-state index contributed by atoms with van der Waals surface area (Å²) >= 11 is 0. The van der Waals surface area contributed by atoms with E-state index in [0.29, 0.717) is 17.0 Å². The molecule has 0 saturated heterocycles. The summed E-state index contributed by atoms with van der Waals surface area (Å²) in [4.78, 5) is 22.4. The Morgan fingerprint density at radius 3 is 2.24 bits per heavy atom. The molecule has 0 heterocycles. The largest absolute Gasteiger partial charge is 0.478 e. The number of rotatable bonds is 3. The van der Waals surface area contributed by atoms with Gasteiger partial charge in [-0.05, 0) is 42.4 Å². The first-order chi connectivity index (χ1) is 7.93. The number of carbonyl (C=O) groups is 2. The van der Waals surface area contributed by atoms with Gasteiger partial charge in [0.15, 0.2) is 0 Å². The van der Waals surface area contributed by atoms with E-state index in [4.69, 9.17) is 5.11 Å². The van der Waals surface area contributed by atoms with Crippen molar-refractivity contribution in [1.82, 2.24) is 0 Å². The van der Waals surface area contributed by atoms with Crippen molar-refractivity contribution >= 4 is 11.9 Å². The second-order valence-corrected chi connectivity index (χ2v) is 4.65. The van der Waals surface area contributed by atoms with Crippen LogP contribution in [0.1, 0.15) is 51.1 Å². The van der Waals surface area contributed by atoms with Gasteiger partial charge in [0.05, 0.1) is 11.1 Å². The third kappa shape index (κ3) is 1.90. The summed E-state index contributed by atoms with van der Waals surface area (Å²) < 4.78 is 0. The number of hydrogen-bond donors (Lipinski definition) is 2. The summed E-state index contributed by atoms with van der Waals surface area (Å²) in [7, 11) is 0. The lowest BCUT2D eigenvalue weighted by molar-refractivity contribution is 0.0694. The van der Waals surface area contributed by atoms with Crippen LogP contribution in [0, 0.1) is 12.8 Å². The Morgan fingerprint density at radius 2 is 1.82 bits per heavy atom. The number of aryl methyl sites for hydroxylation is 1. The van der Waals surface area contributed by atoms with E-state index in [0.717, 1.165) is 6.42 Å². The average Bonchev–Trinajstić information content (AvgIpc) is 2.93. The molecule has 0 radical (unpaired) electrons. The van der Waals surface area contributed by atoms with Gasteiger partial charge in [0.25, 0.3) is 0 Å². The minimum absolute atomic E-state index is 0.0760. The lowest BCUT2D eigenvalue weighted by atomic mass is 9.92. The maximum atomic E-state index is 11.3. The SMILES string of the molecule is Cc1ccc(C(=O)O)c(C2CC2C)c1C(=O)O. The first kappa shape index (κ1) is 11.6. The molecule has 0 aromatic heterocycles. The minimum atomic E-state index is -1.05. The van der Waals surface area contributed by atoms with Crippen LogP contribution in [-0.2, 0) is 0 Å². The fraction of sp³-hybridized carbons (Fsp3) is 0.385. The molecule has 0 amide bonds. The highest BCUT2D eigenvalue weighted by Gasteiger charge is 2.39. The standard InChI is InChI=1S/C13H14O4/c1-6-3-4-8(12(14)15)11(9-5-7(9)2)10(6)13(16)17/h3-4,7,9H,5H2,1-2H3,(H,14,15)(H,16,17). The molecule has 1 fully saturated rings. The molecule has 1 aliphatic carbocycles. The lowest BCUT2D eigenvalue weighted by Gasteiger charge is -2.12. The number of aromatic carboxylic acids is 2. The average molecular weight is 234 g/mol. The summed E-state index contributed by atoms with van der Waals surface area (Å²) in [5.74, 6) is -1.65. The maximum absolute atomic E-state index is 11.3. The molecule has 1 aromatic rings. The van der Waals surface area contributed by atoms with Crippen LogP contribution in [0.25, 0.3) is 0 Å². The molecule has 0 bridgehead atoms. The normalized spacial score (nSPS) is 22.2. The van der Waals surface area contributed by atoms with Crippen LogP contribution in [0.5, 0.6) is 0 Å². The number of carboxylic acid groups (broad SMARTS) is 2. The highest BCUT2D eigenvalue weighted by molar-refractivity contribution is 5.98. The van der Waals surface area contributed by atoms with Crippen molar-refractivity contribution in [3.8, 4) is 0 Å². The van der Waals surface area contributed by atoms with Gasteiger partial charge in [0.2, 0.25) is 0 Å². The molecule has 2 N–H and O–H groups in total. The number of hydrogen-bond acceptors (Lipinski definition) is 2. The molecular weight excluding hydrogens is 220 g/mol. The van der Waals surface area contributed by atoms with Crippen LogP contribution < -0.4 is 0 Å². The van der Waals surface area contributed by atoms with E-state index in [-0.39, 0.29) is 17.0 Å².